The van der Waals surface area contributed by atoms with Crippen LogP contribution in [0.4, 0.5) is 0 Å². The number of benzene rings is 1. The van der Waals surface area contributed by atoms with Gasteiger partial charge in [-0.15, -0.1) is 0 Å². The number of nitrogens with two attached hydrogens (primary N) is 1. The molecule has 0 saturated carbocycles. The Morgan fingerprint density at radius 2 is 2.25 bits per heavy atom. The van der Waals surface area contributed by atoms with Crippen LogP contribution in [0.1, 0.15) is 17.5 Å². The first kappa shape index (κ1) is 15.2. The molecule has 0 amide bonds. The zero-order chi connectivity index (χ0) is 14.2. The molecule has 1 fully saturated rings. The van der Waals surface area contributed by atoms with E-state index in [1.54, 1.807) is 7.11 Å². The van der Waals surface area contributed by atoms with Crippen LogP contribution in [0.3, 0.4) is 0 Å². The summed E-state index contributed by atoms with van der Waals surface area (Å²) in [5, 5.41) is 0. The first-order chi connectivity index (χ1) is 9.83. The molecule has 0 aliphatic carbocycles. The van der Waals surface area contributed by atoms with Gasteiger partial charge in [-0.2, -0.15) is 11.8 Å². The molecule has 3 nitrogen and oxygen atoms in total. The quantitative estimate of drug-likeness (QED) is 0.864. The fourth-order valence-corrected chi connectivity index (χ4v) is 3.24. The highest BCUT2D eigenvalue weighted by atomic mass is 32.2. The lowest BCUT2D eigenvalue weighted by Crippen LogP contribution is -2.25. The smallest absolute Gasteiger partial charge is 0.134 e. The number of nitrogens with zero attached hydrogens (tertiary/aromatic N) is 1. The highest BCUT2D eigenvalue weighted by Crippen LogP contribution is 2.20. The SMILES string of the molecule is COc1ccc(CN2CCCSCC2)cc1C#CCN. The van der Waals surface area contributed by atoms with Crippen LogP contribution in [-0.4, -0.2) is 43.1 Å². The van der Waals surface area contributed by atoms with E-state index in [1.165, 1.54) is 36.6 Å². The van der Waals surface area contributed by atoms with Crippen LogP contribution in [0.15, 0.2) is 18.2 Å². The minimum absolute atomic E-state index is 0.372. The van der Waals surface area contributed by atoms with Crippen LogP contribution in [-0.2, 0) is 6.54 Å². The average Bonchev–Trinajstić information content (AvgIpc) is 2.74. The lowest BCUT2D eigenvalue weighted by Gasteiger charge is -2.19. The number of hydrogen-bond donors (Lipinski definition) is 1. The largest absolute Gasteiger partial charge is 0.495 e. The molecule has 0 unspecified atom stereocenters. The van der Waals surface area contributed by atoms with E-state index in [-0.39, 0.29) is 0 Å². The van der Waals surface area contributed by atoms with Crippen molar-refractivity contribution >= 4 is 11.8 Å². The molecule has 0 atom stereocenters. The summed E-state index contributed by atoms with van der Waals surface area (Å²) in [5.41, 5.74) is 7.67. The van der Waals surface area contributed by atoms with Crippen LogP contribution >= 0.6 is 11.8 Å². The molecule has 20 heavy (non-hydrogen) atoms. The van der Waals surface area contributed by atoms with Crippen LogP contribution in [0, 0.1) is 11.8 Å². The fraction of sp³-hybridized carbons (Fsp3) is 0.500. The van der Waals surface area contributed by atoms with Crippen molar-refractivity contribution in [3.8, 4) is 17.6 Å². The van der Waals surface area contributed by atoms with Gasteiger partial charge in [-0.3, -0.25) is 4.90 Å². The highest BCUT2D eigenvalue weighted by Gasteiger charge is 2.10. The van der Waals surface area contributed by atoms with E-state index in [0.717, 1.165) is 17.9 Å². The van der Waals surface area contributed by atoms with Crippen molar-refractivity contribution in [3.05, 3.63) is 29.3 Å². The standard InChI is InChI=1S/C16H22N2OS/c1-19-16-6-5-14(12-15(16)4-2-7-17)13-18-8-3-10-20-11-9-18/h5-6,12H,3,7-11,13,17H2,1H3. The van der Waals surface area contributed by atoms with E-state index in [2.05, 4.69) is 40.6 Å². The number of methoxy groups -OCH3 is 1. The predicted molar refractivity (Wildman–Crippen MR) is 86.1 cm³/mol. The lowest BCUT2D eigenvalue weighted by atomic mass is 10.1. The molecule has 1 aliphatic rings. The van der Waals surface area contributed by atoms with E-state index in [4.69, 9.17) is 10.5 Å². The van der Waals surface area contributed by atoms with Crippen LogP contribution in [0.2, 0.25) is 0 Å². The van der Waals surface area contributed by atoms with Gasteiger partial charge in [0.05, 0.1) is 19.2 Å². The van der Waals surface area contributed by atoms with Crippen molar-refractivity contribution in [2.75, 3.05) is 38.2 Å². The van der Waals surface area contributed by atoms with Gasteiger partial charge in [-0.05, 0) is 36.4 Å². The molecule has 0 aromatic heterocycles. The monoisotopic (exact) mass is 290 g/mol. The molecular weight excluding hydrogens is 268 g/mol. The molecule has 2 N–H and O–H groups in total. The van der Waals surface area contributed by atoms with Crippen LogP contribution < -0.4 is 10.5 Å². The average molecular weight is 290 g/mol. The number of thioether (sulfide) groups is 1. The molecule has 1 aromatic rings. The fourth-order valence-electron chi connectivity index (χ4n) is 2.31. The highest BCUT2D eigenvalue weighted by molar-refractivity contribution is 7.99. The van der Waals surface area contributed by atoms with Crippen molar-refractivity contribution in [1.29, 1.82) is 0 Å². The van der Waals surface area contributed by atoms with E-state index in [0.29, 0.717) is 6.54 Å². The van der Waals surface area contributed by atoms with Gasteiger partial charge in [0.25, 0.3) is 0 Å². The second kappa shape index (κ2) is 8.21. The first-order valence-electron chi connectivity index (χ1n) is 6.99. The number of ether oxygens (including phenoxy) is 1. The van der Waals surface area contributed by atoms with Gasteiger partial charge < -0.3 is 10.5 Å². The third-order valence-electron chi connectivity index (χ3n) is 3.31. The van der Waals surface area contributed by atoms with E-state index in [1.807, 2.05) is 6.07 Å². The van der Waals surface area contributed by atoms with Crippen molar-refractivity contribution in [2.24, 2.45) is 5.73 Å². The van der Waals surface area contributed by atoms with Crippen LogP contribution in [0.25, 0.3) is 0 Å². The van der Waals surface area contributed by atoms with Gasteiger partial charge in [0, 0.05) is 18.8 Å². The Balaban J connectivity index is 2.11. The normalized spacial score (nSPS) is 16.1. The lowest BCUT2D eigenvalue weighted by molar-refractivity contribution is 0.287. The summed E-state index contributed by atoms with van der Waals surface area (Å²) in [5.74, 6) is 9.33. The molecule has 1 aromatic carbocycles. The van der Waals surface area contributed by atoms with Gasteiger partial charge in [0.15, 0.2) is 0 Å². The molecule has 4 heteroatoms. The maximum absolute atomic E-state index is 5.45. The molecule has 0 bridgehead atoms. The summed E-state index contributed by atoms with van der Waals surface area (Å²) in [7, 11) is 1.68. The minimum Gasteiger partial charge on any atom is -0.495 e. The number of rotatable bonds is 3. The Bertz CT molecular complexity index is 485. The Hall–Kier alpha value is -1.15. The first-order valence-corrected chi connectivity index (χ1v) is 8.15. The molecule has 0 spiro atoms. The van der Waals surface area contributed by atoms with Crippen molar-refractivity contribution in [2.45, 2.75) is 13.0 Å². The zero-order valence-corrected chi connectivity index (χ0v) is 12.8. The van der Waals surface area contributed by atoms with Gasteiger partial charge in [-0.1, -0.05) is 17.9 Å². The van der Waals surface area contributed by atoms with E-state index < -0.39 is 0 Å². The molecule has 1 aliphatic heterocycles. The number of hydrogen-bond acceptors (Lipinski definition) is 4. The maximum atomic E-state index is 5.45. The minimum atomic E-state index is 0.372. The Kier molecular flexibility index (Phi) is 6.25. The van der Waals surface area contributed by atoms with E-state index in [9.17, 15) is 0 Å². The topological polar surface area (TPSA) is 38.5 Å². The molecule has 108 valence electrons. The zero-order valence-electron chi connectivity index (χ0n) is 12.0. The van der Waals surface area contributed by atoms with Gasteiger partial charge in [0.1, 0.15) is 5.75 Å². The molecule has 2 rings (SSSR count). The second-order valence-corrected chi connectivity index (χ2v) is 6.01. The predicted octanol–water partition coefficient (Wildman–Crippen LogP) is 1.94. The van der Waals surface area contributed by atoms with Gasteiger partial charge >= 0.3 is 0 Å². The van der Waals surface area contributed by atoms with Gasteiger partial charge in [0.2, 0.25) is 0 Å². The van der Waals surface area contributed by atoms with Crippen molar-refractivity contribution in [1.82, 2.24) is 4.90 Å². The summed E-state index contributed by atoms with van der Waals surface area (Å²) < 4.78 is 5.35. The van der Waals surface area contributed by atoms with E-state index >= 15 is 0 Å². The Labute approximate surface area is 125 Å². The summed E-state index contributed by atoms with van der Waals surface area (Å²) in [4.78, 5) is 2.52. The van der Waals surface area contributed by atoms with Crippen molar-refractivity contribution < 1.29 is 4.74 Å². The molecule has 1 saturated heterocycles. The van der Waals surface area contributed by atoms with Gasteiger partial charge in [-0.25, -0.2) is 0 Å². The summed E-state index contributed by atoms with van der Waals surface area (Å²) in [6.07, 6.45) is 1.28. The maximum Gasteiger partial charge on any atom is 0.134 e. The Morgan fingerprint density at radius 3 is 3.05 bits per heavy atom. The van der Waals surface area contributed by atoms with Crippen LogP contribution in [0.5, 0.6) is 5.75 Å². The third-order valence-corrected chi connectivity index (χ3v) is 4.36. The molecule has 0 radical (unpaired) electrons. The summed E-state index contributed by atoms with van der Waals surface area (Å²) in [6.45, 7) is 3.71. The third kappa shape index (κ3) is 4.45. The molecule has 1 heterocycles. The molecular formula is C16H22N2OS. The second-order valence-electron chi connectivity index (χ2n) is 4.78. The summed E-state index contributed by atoms with van der Waals surface area (Å²) in [6, 6.07) is 6.26. The Morgan fingerprint density at radius 1 is 1.35 bits per heavy atom. The van der Waals surface area contributed by atoms with Crippen molar-refractivity contribution in [3.63, 3.8) is 0 Å². The summed E-state index contributed by atoms with van der Waals surface area (Å²) >= 11 is 2.05.